The smallest absolute Gasteiger partial charge is 0.151 e. The van der Waals surface area contributed by atoms with Crippen LogP contribution in [0.1, 0.15) is 29.5 Å². The molecule has 1 aliphatic heterocycles. The second kappa shape index (κ2) is 6.20. The zero-order valence-corrected chi connectivity index (χ0v) is 11.9. The van der Waals surface area contributed by atoms with Gasteiger partial charge in [0.25, 0.3) is 0 Å². The zero-order valence-electron chi connectivity index (χ0n) is 11.9. The number of fused-ring (bicyclic) bond motifs is 1. The van der Waals surface area contributed by atoms with E-state index in [0.717, 1.165) is 50.6 Å². The Kier molecular flexibility index (Phi) is 4.14. The molecular formula is C16H21N3O. The van der Waals surface area contributed by atoms with Crippen molar-refractivity contribution in [2.75, 3.05) is 13.1 Å². The molecule has 0 amide bonds. The van der Waals surface area contributed by atoms with Crippen molar-refractivity contribution in [3.8, 4) is 0 Å². The normalized spacial score (nSPS) is 15.2. The lowest BCUT2D eigenvalue weighted by Crippen LogP contribution is -2.29. The highest BCUT2D eigenvalue weighted by Crippen LogP contribution is 2.20. The molecule has 0 bridgehead atoms. The molecule has 106 valence electrons. The fraction of sp³-hybridized carbons (Fsp3) is 0.438. The highest BCUT2D eigenvalue weighted by Gasteiger charge is 2.17. The number of rotatable bonds is 5. The minimum atomic E-state index is 0.781. The summed E-state index contributed by atoms with van der Waals surface area (Å²) >= 11 is 0. The minimum Gasteiger partial charge on any atom is -0.360 e. The molecule has 0 aliphatic carbocycles. The first-order valence-corrected chi connectivity index (χ1v) is 7.29. The van der Waals surface area contributed by atoms with Gasteiger partial charge in [-0.25, -0.2) is 0 Å². The summed E-state index contributed by atoms with van der Waals surface area (Å²) in [5.74, 6) is 0.956. The van der Waals surface area contributed by atoms with E-state index in [2.05, 4.69) is 52.6 Å². The lowest BCUT2D eigenvalue weighted by molar-refractivity contribution is 0.214. The Morgan fingerprint density at radius 1 is 1.30 bits per heavy atom. The van der Waals surface area contributed by atoms with Crippen LogP contribution in [0.4, 0.5) is 0 Å². The van der Waals surface area contributed by atoms with Crippen molar-refractivity contribution in [2.24, 2.45) is 0 Å². The Labute approximate surface area is 119 Å². The van der Waals surface area contributed by atoms with Gasteiger partial charge in [-0.2, -0.15) is 0 Å². The van der Waals surface area contributed by atoms with E-state index in [4.69, 9.17) is 4.52 Å². The van der Waals surface area contributed by atoms with Gasteiger partial charge < -0.3 is 9.84 Å². The number of nitrogens with zero attached hydrogens (tertiary/aromatic N) is 2. The van der Waals surface area contributed by atoms with E-state index in [1.165, 1.54) is 11.1 Å². The molecule has 3 rings (SSSR count). The third kappa shape index (κ3) is 3.08. The van der Waals surface area contributed by atoms with Crippen LogP contribution in [0.15, 0.2) is 34.9 Å². The van der Waals surface area contributed by atoms with Gasteiger partial charge in [-0.15, -0.1) is 0 Å². The topological polar surface area (TPSA) is 41.3 Å². The number of nitrogens with one attached hydrogen (secondary N) is 1. The first-order chi connectivity index (χ1) is 9.85. The van der Waals surface area contributed by atoms with Crippen LogP contribution in [0.25, 0.3) is 0 Å². The van der Waals surface area contributed by atoms with Gasteiger partial charge in [0.1, 0.15) is 0 Å². The van der Waals surface area contributed by atoms with Crippen LogP contribution in [0.5, 0.6) is 0 Å². The Hall–Kier alpha value is -1.65. The third-order valence-corrected chi connectivity index (χ3v) is 3.75. The Morgan fingerprint density at radius 3 is 3.00 bits per heavy atom. The molecule has 0 fully saturated rings. The van der Waals surface area contributed by atoms with E-state index in [1.54, 1.807) is 0 Å². The van der Waals surface area contributed by atoms with E-state index < -0.39 is 0 Å². The maximum absolute atomic E-state index is 5.42. The summed E-state index contributed by atoms with van der Waals surface area (Å²) in [5.41, 5.74) is 3.90. The van der Waals surface area contributed by atoms with Crippen LogP contribution in [-0.4, -0.2) is 23.1 Å². The molecule has 2 heterocycles. The monoisotopic (exact) mass is 271 g/mol. The van der Waals surface area contributed by atoms with Gasteiger partial charge in [-0.3, -0.25) is 4.90 Å². The second-order valence-electron chi connectivity index (χ2n) is 5.29. The van der Waals surface area contributed by atoms with Crippen LogP contribution < -0.4 is 5.32 Å². The van der Waals surface area contributed by atoms with Crippen molar-refractivity contribution >= 4 is 0 Å². The number of aromatic nitrogens is 1. The fourth-order valence-corrected chi connectivity index (χ4v) is 2.68. The number of benzene rings is 1. The molecule has 1 aromatic carbocycles. The standard InChI is InChI=1S/C16H21N3O/c1-2-17-10-15-9-16(20-18-15)12-19-8-7-13-5-3-4-6-14(13)11-19/h3-6,9,17H,2,7-8,10-12H2,1H3. The van der Waals surface area contributed by atoms with Crippen molar-refractivity contribution in [2.45, 2.75) is 33.0 Å². The van der Waals surface area contributed by atoms with Gasteiger partial charge in [0.15, 0.2) is 5.76 Å². The Bertz CT molecular complexity index is 564. The Morgan fingerprint density at radius 2 is 2.15 bits per heavy atom. The predicted octanol–water partition coefficient (Wildman–Crippen LogP) is 2.34. The fourth-order valence-electron chi connectivity index (χ4n) is 2.68. The van der Waals surface area contributed by atoms with Gasteiger partial charge in [0, 0.05) is 25.7 Å². The maximum Gasteiger partial charge on any atom is 0.151 e. The highest BCUT2D eigenvalue weighted by atomic mass is 16.5. The molecule has 1 N–H and O–H groups in total. The maximum atomic E-state index is 5.42. The van der Waals surface area contributed by atoms with E-state index in [9.17, 15) is 0 Å². The van der Waals surface area contributed by atoms with Crippen molar-refractivity contribution in [3.05, 3.63) is 52.9 Å². The molecular weight excluding hydrogens is 250 g/mol. The number of hydrogen-bond donors (Lipinski definition) is 1. The molecule has 0 saturated carbocycles. The average molecular weight is 271 g/mol. The summed E-state index contributed by atoms with van der Waals surface area (Å²) in [4.78, 5) is 2.42. The summed E-state index contributed by atoms with van der Waals surface area (Å²) in [7, 11) is 0. The largest absolute Gasteiger partial charge is 0.360 e. The molecule has 2 aromatic rings. The van der Waals surface area contributed by atoms with Crippen molar-refractivity contribution in [3.63, 3.8) is 0 Å². The molecule has 1 aliphatic rings. The van der Waals surface area contributed by atoms with Crippen LogP contribution >= 0.6 is 0 Å². The summed E-state index contributed by atoms with van der Waals surface area (Å²) < 4.78 is 5.42. The lowest BCUT2D eigenvalue weighted by Gasteiger charge is -2.27. The Balaban J connectivity index is 1.60. The number of hydrogen-bond acceptors (Lipinski definition) is 4. The van der Waals surface area contributed by atoms with Crippen LogP contribution in [0.3, 0.4) is 0 Å². The lowest BCUT2D eigenvalue weighted by atomic mass is 10.00. The SMILES string of the molecule is CCNCc1cc(CN2CCc3ccccc3C2)on1. The average Bonchev–Trinajstić information content (AvgIpc) is 2.92. The van der Waals surface area contributed by atoms with Crippen molar-refractivity contribution < 1.29 is 4.52 Å². The van der Waals surface area contributed by atoms with E-state index in [1.807, 2.05) is 0 Å². The molecule has 0 radical (unpaired) electrons. The van der Waals surface area contributed by atoms with E-state index >= 15 is 0 Å². The second-order valence-corrected chi connectivity index (χ2v) is 5.29. The molecule has 4 heteroatoms. The minimum absolute atomic E-state index is 0.781. The third-order valence-electron chi connectivity index (χ3n) is 3.75. The molecule has 4 nitrogen and oxygen atoms in total. The quantitative estimate of drug-likeness (QED) is 0.906. The highest BCUT2D eigenvalue weighted by molar-refractivity contribution is 5.29. The van der Waals surface area contributed by atoms with Crippen LogP contribution in [0, 0.1) is 0 Å². The van der Waals surface area contributed by atoms with Gasteiger partial charge >= 0.3 is 0 Å². The molecule has 0 atom stereocenters. The zero-order chi connectivity index (χ0) is 13.8. The molecule has 1 aromatic heterocycles. The van der Waals surface area contributed by atoms with Crippen LogP contribution in [0.2, 0.25) is 0 Å². The predicted molar refractivity (Wildman–Crippen MR) is 78.1 cm³/mol. The molecule has 0 spiro atoms. The van der Waals surface area contributed by atoms with Gasteiger partial charge in [-0.05, 0) is 24.1 Å². The first-order valence-electron chi connectivity index (χ1n) is 7.29. The van der Waals surface area contributed by atoms with Gasteiger partial charge in [-0.1, -0.05) is 36.3 Å². The summed E-state index contributed by atoms with van der Waals surface area (Å²) in [6.07, 6.45) is 1.12. The molecule has 0 saturated heterocycles. The summed E-state index contributed by atoms with van der Waals surface area (Å²) in [5, 5.41) is 7.36. The summed E-state index contributed by atoms with van der Waals surface area (Å²) in [6, 6.07) is 10.8. The van der Waals surface area contributed by atoms with E-state index in [0.29, 0.717) is 0 Å². The van der Waals surface area contributed by atoms with E-state index in [-0.39, 0.29) is 0 Å². The molecule has 0 unspecified atom stereocenters. The van der Waals surface area contributed by atoms with Gasteiger partial charge in [0.05, 0.1) is 12.2 Å². The van der Waals surface area contributed by atoms with Crippen molar-refractivity contribution in [1.29, 1.82) is 0 Å². The van der Waals surface area contributed by atoms with Crippen molar-refractivity contribution in [1.82, 2.24) is 15.4 Å². The van der Waals surface area contributed by atoms with Gasteiger partial charge in [0.2, 0.25) is 0 Å². The molecule has 20 heavy (non-hydrogen) atoms. The van der Waals surface area contributed by atoms with Crippen LogP contribution in [-0.2, 0) is 26.1 Å². The first kappa shape index (κ1) is 13.3. The summed E-state index contributed by atoms with van der Waals surface area (Å²) in [6.45, 7) is 6.74.